The van der Waals surface area contributed by atoms with Crippen LogP contribution >= 0.6 is 13.6 Å². The molecule has 1 aliphatic rings. The molecule has 0 aromatic rings. The Morgan fingerprint density at radius 1 is 1.57 bits per heavy atom. The maximum atomic E-state index is 3.75. The minimum absolute atomic E-state index is 1.02. The van der Waals surface area contributed by atoms with Crippen molar-refractivity contribution in [2.75, 3.05) is 0 Å². The molecular formula is C5H9BrZn. The van der Waals surface area contributed by atoms with Crippen LogP contribution in [-0.2, 0) is 16.3 Å². The quantitative estimate of drug-likeness (QED) is 0.465. The van der Waals surface area contributed by atoms with Gasteiger partial charge in [0, 0.05) is 0 Å². The third-order valence-electron chi connectivity index (χ3n) is 1.11. The average molecular weight is 214 g/mol. The standard InChI is InChI=1S/C5H9.BrH.Zn/c1-2-5-3-4-5;;/h5H,1-4H2;1H;/q-1;;+2/p-1. The van der Waals surface area contributed by atoms with Crippen LogP contribution in [0.4, 0.5) is 0 Å². The molecule has 0 saturated heterocycles. The molecule has 0 aliphatic heterocycles. The Labute approximate surface area is 62.1 Å². The van der Waals surface area contributed by atoms with Crippen LogP contribution in [0.3, 0.4) is 0 Å². The van der Waals surface area contributed by atoms with E-state index in [9.17, 15) is 0 Å². The van der Waals surface area contributed by atoms with Crippen molar-refractivity contribution >= 4 is 13.6 Å². The molecule has 0 spiro atoms. The Hall–Kier alpha value is 1.10. The van der Waals surface area contributed by atoms with Crippen LogP contribution in [0.1, 0.15) is 19.3 Å². The van der Waals surface area contributed by atoms with Gasteiger partial charge in [0.15, 0.2) is 0 Å². The molecule has 1 saturated carbocycles. The van der Waals surface area contributed by atoms with E-state index in [1.54, 1.807) is 0 Å². The van der Waals surface area contributed by atoms with Gasteiger partial charge in [-0.05, 0) is 0 Å². The zero-order valence-corrected chi connectivity index (χ0v) is 9.04. The zero-order chi connectivity index (χ0) is 5.70. The summed E-state index contributed by atoms with van der Waals surface area (Å²) in [5.74, 6) is 1.02. The molecule has 0 heterocycles. The Bertz CT molecular complexity index is 35.1. The van der Waals surface area contributed by atoms with E-state index in [4.69, 9.17) is 0 Å². The number of hydrogen-bond donors (Lipinski definition) is 0. The first-order chi connectivity index (χ1) is 3.43. The normalized spacial score (nSPS) is 17.7. The van der Waals surface area contributed by atoms with Gasteiger partial charge >= 0.3 is 30.0 Å². The van der Waals surface area contributed by atoms with E-state index in [-0.39, 0.29) is 0 Å². The molecule has 0 aromatic heterocycles. The predicted molar refractivity (Wildman–Crippen MR) is 31.6 cm³/mol. The molecule has 0 aromatic carbocycles. The predicted octanol–water partition coefficient (Wildman–Crippen LogP) is 2.46. The van der Waals surface area contributed by atoms with Crippen LogP contribution in [-0.4, -0.2) is 0 Å². The Balaban J connectivity index is 0.000000162. The van der Waals surface area contributed by atoms with Gasteiger partial charge in [0.1, 0.15) is 0 Å². The van der Waals surface area contributed by atoms with Crippen LogP contribution in [0.15, 0.2) is 0 Å². The van der Waals surface area contributed by atoms with Gasteiger partial charge in [-0.25, -0.2) is 0 Å². The number of rotatable bonds is 1. The first-order valence-corrected chi connectivity index (χ1v) is 9.44. The average Bonchev–Trinajstić information content (AvgIpc) is 2.52. The number of halogens is 1. The van der Waals surface area contributed by atoms with Gasteiger partial charge in [0.05, 0.1) is 0 Å². The zero-order valence-electron chi connectivity index (χ0n) is 4.49. The summed E-state index contributed by atoms with van der Waals surface area (Å²) >= 11 is 4.25. The third-order valence-corrected chi connectivity index (χ3v) is 1.11. The van der Waals surface area contributed by atoms with Crippen LogP contribution in [0, 0.1) is 12.8 Å². The molecular weight excluding hydrogens is 205 g/mol. The second kappa shape index (κ2) is 5.24. The van der Waals surface area contributed by atoms with Crippen molar-refractivity contribution in [2.45, 2.75) is 19.3 Å². The van der Waals surface area contributed by atoms with E-state index in [0.717, 1.165) is 5.92 Å². The van der Waals surface area contributed by atoms with Gasteiger partial charge in [-0.2, -0.15) is 6.42 Å². The number of hydrogen-bond acceptors (Lipinski definition) is 0. The molecule has 1 fully saturated rings. The molecule has 1 rings (SSSR count). The monoisotopic (exact) mass is 212 g/mol. The first kappa shape index (κ1) is 8.10. The van der Waals surface area contributed by atoms with Gasteiger partial charge in [0.25, 0.3) is 0 Å². The summed E-state index contributed by atoms with van der Waals surface area (Å²) in [4.78, 5) is 0. The SMILES string of the molecule is [CH2-]CC1CC1.[Zn+][Br]. The molecule has 0 radical (unpaired) electrons. The minimum atomic E-state index is 1.02. The van der Waals surface area contributed by atoms with E-state index < -0.39 is 0 Å². The fraction of sp³-hybridized carbons (Fsp3) is 0.800. The molecule has 2 heteroatoms. The second-order valence-electron chi connectivity index (χ2n) is 1.73. The van der Waals surface area contributed by atoms with E-state index in [0.29, 0.717) is 0 Å². The van der Waals surface area contributed by atoms with Crippen molar-refractivity contribution in [3.63, 3.8) is 0 Å². The van der Waals surface area contributed by atoms with Crippen LogP contribution in [0.5, 0.6) is 0 Å². The van der Waals surface area contributed by atoms with Gasteiger partial charge in [-0.3, -0.25) is 0 Å². The Kier molecular flexibility index (Phi) is 6.07. The maximum absolute atomic E-state index is 3.75. The third kappa shape index (κ3) is 4.97. The molecule has 0 nitrogen and oxygen atoms in total. The summed E-state index contributed by atoms with van der Waals surface area (Å²) in [6.45, 7) is 3.75. The summed E-state index contributed by atoms with van der Waals surface area (Å²) in [6.07, 6.45) is 4.06. The summed E-state index contributed by atoms with van der Waals surface area (Å²) in [5, 5.41) is 0. The van der Waals surface area contributed by atoms with Crippen molar-refractivity contribution in [3.05, 3.63) is 6.92 Å². The Morgan fingerprint density at radius 2 is 2.00 bits per heavy atom. The topological polar surface area (TPSA) is 0 Å². The van der Waals surface area contributed by atoms with E-state index in [1.165, 1.54) is 35.6 Å². The van der Waals surface area contributed by atoms with E-state index in [2.05, 4.69) is 20.5 Å². The van der Waals surface area contributed by atoms with Crippen molar-refractivity contribution in [1.29, 1.82) is 0 Å². The van der Waals surface area contributed by atoms with Crippen LogP contribution in [0.25, 0.3) is 0 Å². The fourth-order valence-corrected chi connectivity index (χ4v) is 0.407. The van der Waals surface area contributed by atoms with Gasteiger partial charge in [-0.1, -0.05) is 18.8 Å². The van der Waals surface area contributed by atoms with Gasteiger partial charge in [0.2, 0.25) is 0 Å². The van der Waals surface area contributed by atoms with Crippen molar-refractivity contribution in [2.24, 2.45) is 5.92 Å². The molecule has 38 valence electrons. The van der Waals surface area contributed by atoms with Gasteiger partial charge < -0.3 is 6.92 Å². The Morgan fingerprint density at radius 3 is 2.00 bits per heavy atom. The molecule has 0 unspecified atom stereocenters. The van der Waals surface area contributed by atoms with Crippen molar-refractivity contribution < 1.29 is 16.3 Å². The van der Waals surface area contributed by atoms with Crippen molar-refractivity contribution in [1.82, 2.24) is 0 Å². The molecule has 1 aliphatic carbocycles. The molecule has 0 N–H and O–H groups in total. The van der Waals surface area contributed by atoms with Gasteiger partial charge in [-0.15, -0.1) is 0 Å². The fourth-order valence-electron chi connectivity index (χ4n) is 0.407. The summed E-state index contributed by atoms with van der Waals surface area (Å²) < 4.78 is 0. The summed E-state index contributed by atoms with van der Waals surface area (Å²) in [7, 11) is 0. The van der Waals surface area contributed by atoms with Crippen molar-refractivity contribution in [3.8, 4) is 0 Å². The summed E-state index contributed by atoms with van der Waals surface area (Å²) in [5.41, 5.74) is 0. The molecule has 0 atom stereocenters. The van der Waals surface area contributed by atoms with Crippen LogP contribution in [0.2, 0.25) is 0 Å². The molecule has 0 bridgehead atoms. The molecule has 0 amide bonds. The second-order valence-corrected chi connectivity index (χ2v) is 1.73. The summed E-state index contributed by atoms with van der Waals surface area (Å²) in [6, 6.07) is 0. The van der Waals surface area contributed by atoms with E-state index >= 15 is 0 Å². The van der Waals surface area contributed by atoms with Crippen LogP contribution < -0.4 is 0 Å². The van der Waals surface area contributed by atoms with E-state index in [1.807, 2.05) is 0 Å². The molecule has 7 heavy (non-hydrogen) atoms. The first-order valence-electron chi connectivity index (χ1n) is 2.49.